The first-order valence-electron chi connectivity index (χ1n) is 9.47. The van der Waals surface area contributed by atoms with Gasteiger partial charge in [0.1, 0.15) is 0 Å². The van der Waals surface area contributed by atoms with Gasteiger partial charge in [0.15, 0.2) is 0 Å². The molecule has 0 atom stereocenters. The number of aliphatic imine (C=N–C) groups is 2. The summed E-state index contributed by atoms with van der Waals surface area (Å²) in [6.45, 7) is 1.04. The molecule has 120 valence electrons. The lowest BCUT2D eigenvalue weighted by atomic mass is 9.92. The maximum atomic E-state index is 4.68. The van der Waals surface area contributed by atoms with E-state index in [1.54, 1.807) is 0 Å². The lowest BCUT2D eigenvalue weighted by Gasteiger charge is -2.20. The Bertz CT molecular complexity index is 297. The van der Waals surface area contributed by atoms with Crippen LogP contribution in [0.3, 0.4) is 0 Å². The third-order valence-electron chi connectivity index (χ3n) is 4.98. The molecule has 0 amide bonds. The third kappa shape index (κ3) is 7.78. The van der Waals surface area contributed by atoms with E-state index in [9.17, 15) is 0 Å². The van der Waals surface area contributed by atoms with E-state index < -0.39 is 0 Å². The second kappa shape index (κ2) is 11.0. The Hall–Kier alpha value is -0.660. The number of hydrogen-bond acceptors (Lipinski definition) is 2. The minimum Gasteiger partial charge on any atom is -0.297 e. The number of hydrogen-bond donors (Lipinski definition) is 0. The van der Waals surface area contributed by atoms with Gasteiger partial charge in [0.05, 0.1) is 0 Å². The van der Waals surface area contributed by atoms with Crippen molar-refractivity contribution in [1.29, 1.82) is 0 Å². The van der Waals surface area contributed by atoms with Crippen LogP contribution in [0.25, 0.3) is 0 Å². The fourth-order valence-corrected chi connectivity index (χ4v) is 3.24. The molecule has 2 nitrogen and oxygen atoms in total. The molecule has 2 heteroatoms. The molecule has 2 saturated carbocycles. The monoisotopic (exact) mass is 290 g/mol. The van der Waals surface area contributed by atoms with E-state index in [2.05, 4.69) is 22.4 Å². The predicted octanol–water partition coefficient (Wildman–Crippen LogP) is 5.60. The van der Waals surface area contributed by atoms with Gasteiger partial charge < -0.3 is 0 Å². The summed E-state index contributed by atoms with van der Waals surface area (Å²) in [4.78, 5) is 9.26. The van der Waals surface area contributed by atoms with Gasteiger partial charge in [0, 0.05) is 18.8 Å². The normalized spacial score (nSPS) is 22.5. The summed E-state index contributed by atoms with van der Waals surface area (Å²) in [6.07, 6.45) is 23.4. The first-order chi connectivity index (χ1) is 10.4. The smallest absolute Gasteiger partial charge is 0.0495 e. The van der Waals surface area contributed by atoms with Crippen LogP contribution >= 0.6 is 0 Å². The Kier molecular flexibility index (Phi) is 8.74. The minimum atomic E-state index is 0.679. The summed E-state index contributed by atoms with van der Waals surface area (Å²) in [7, 11) is 0. The second-order valence-electron chi connectivity index (χ2n) is 6.93. The summed E-state index contributed by atoms with van der Waals surface area (Å²) in [5.41, 5.74) is 0. The quantitative estimate of drug-likeness (QED) is 0.410. The van der Waals surface area contributed by atoms with E-state index in [-0.39, 0.29) is 0 Å². The topological polar surface area (TPSA) is 24.7 Å². The second-order valence-corrected chi connectivity index (χ2v) is 6.93. The fourth-order valence-electron chi connectivity index (χ4n) is 3.24. The zero-order chi connectivity index (χ0) is 14.6. The summed E-state index contributed by atoms with van der Waals surface area (Å²) in [5, 5.41) is 0. The minimum absolute atomic E-state index is 0.679. The summed E-state index contributed by atoms with van der Waals surface area (Å²) in [6, 6.07) is 0.679. The molecule has 2 aliphatic carbocycles. The Morgan fingerprint density at radius 1 is 0.762 bits per heavy atom. The molecule has 2 aliphatic rings. The van der Waals surface area contributed by atoms with E-state index in [1.807, 2.05) is 0 Å². The lowest BCUT2D eigenvalue weighted by Crippen LogP contribution is -2.14. The molecule has 0 radical (unpaired) electrons. The van der Waals surface area contributed by atoms with Crippen LogP contribution in [0.1, 0.15) is 89.9 Å². The van der Waals surface area contributed by atoms with Crippen molar-refractivity contribution >= 4 is 12.4 Å². The van der Waals surface area contributed by atoms with Gasteiger partial charge in [0.25, 0.3) is 0 Å². The highest BCUT2D eigenvalue weighted by atomic mass is 14.8. The molecule has 0 N–H and O–H groups in total. The maximum Gasteiger partial charge on any atom is 0.0495 e. The third-order valence-corrected chi connectivity index (χ3v) is 4.98. The van der Waals surface area contributed by atoms with E-state index in [4.69, 9.17) is 0 Å². The van der Waals surface area contributed by atoms with Crippen molar-refractivity contribution in [3.63, 3.8) is 0 Å². The van der Waals surface area contributed by atoms with E-state index >= 15 is 0 Å². The van der Waals surface area contributed by atoms with Crippen molar-refractivity contribution in [2.24, 2.45) is 15.9 Å². The van der Waals surface area contributed by atoms with Crippen LogP contribution < -0.4 is 0 Å². The van der Waals surface area contributed by atoms with Crippen molar-refractivity contribution in [2.75, 3.05) is 6.54 Å². The van der Waals surface area contributed by atoms with Crippen LogP contribution in [0.5, 0.6) is 0 Å². The van der Waals surface area contributed by atoms with Crippen LogP contribution in [-0.2, 0) is 0 Å². The van der Waals surface area contributed by atoms with Gasteiger partial charge in [-0.25, -0.2) is 0 Å². The first kappa shape index (κ1) is 16.7. The van der Waals surface area contributed by atoms with Crippen molar-refractivity contribution in [3.8, 4) is 0 Å². The van der Waals surface area contributed by atoms with Gasteiger partial charge >= 0.3 is 0 Å². The molecule has 2 rings (SSSR count). The van der Waals surface area contributed by atoms with Gasteiger partial charge in [-0.05, 0) is 63.5 Å². The van der Waals surface area contributed by atoms with Gasteiger partial charge in [0.2, 0.25) is 0 Å². The highest BCUT2D eigenvalue weighted by molar-refractivity contribution is 5.60. The van der Waals surface area contributed by atoms with Gasteiger partial charge in [-0.3, -0.25) is 9.98 Å². The van der Waals surface area contributed by atoms with E-state index in [0.717, 1.165) is 12.5 Å². The summed E-state index contributed by atoms with van der Waals surface area (Å²) < 4.78 is 0. The molecule has 0 saturated heterocycles. The molecule has 0 spiro atoms. The number of rotatable bonds is 8. The molecule has 2 fully saturated rings. The first-order valence-corrected chi connectivity index (χ1v) is 9.47. The zero-order valence-electron chi connectivity index (χ0n) is 13.8. The average Bonchev–Trinajstić information content (AvgIpc) is 2.40. The predicted molar refractivity (Wildman–Crippen MR) is 93.8 cm³/mol. The van der Waals surface area contributed by atoms with Crippen LogP contribution in [0.4, 0.5) is 0 Å². The van der Waals surface area contributed by atoms with Crippen molar-refractivity contribution < 1.29 is 0 Å². The van der Waals surface area contributed by atoms with Crippen LogP contribution in [0.15, 0.2) is 9.98 Å². The van der Waals surface area contributed by atoms with Gasteiger partial charge in [-0.1, -0.05) is 38.5 Å². The molecule has 0 aromatic rings. The van der Waals surface area contributed by atoms with Crippen LogP contribution in [-0.4, -0.2) is 25.0 Å². The maximum absolute atomic E-state index is 4.68. The summed E-state index contributed by atoms with van der Waals surface area (Å²) >= 11 is 0. The molecule has 0 aromatic heterocycles. The zero-order valence-corrected chi connectivity index (χ0v) is 13.8. The van der Waals surface area contributed by atoms with Crippen LogP contribution in [0, 0.1) is 5.92 Å². The fraction of sp³-hybridized carbons (Fsp3) is 0.895. The highest BCUT2D eigenvalue weighted by Gasteiger charge is 2.14. The van der Waals surface area contributed by atoms with E-state index in [1.165, 1.54) is 89.9 Å². The molecule has 0 heterocycles. The molecular weight excluding hydrogens is 256 g/mol. The van der Waals surface area contributed by atoms with E-state index in [0.29, 0.717) is 6.04 Å². The van der Waals surface area contributed by atoms with Gasteiger partial charge in [-0.15, -0.1) is 0 Å². The van der Waals surface area contributed by atoms with Crippen molar-refractivity contribution in [2.45, 2.75) is 95.9 Å². The molecule has 0 aliphatic heterocycles. The molecule has 0 unspecified atom stereocenters. The van der Waals surface area contributed by atoms with Crippen molar-refractivity contribution in [1.82, 2.24) is 0 Å². The van der Waals surface area contributed by atoms with Crippen molar-refractivity contribution in [3.05, 3.63) is 0 Å². The molecule has 0 aromatic carbocycles. The largest absolute Gasteiger partial charge is 0.297 e. The SMILES string of the molecule is C(=NCCCCCC=NC1CCC1)C1CCCCCCC1. The molecule has 21 heavy (non-hydrogen) atoms. The number of unbranched alkanes of at least 4 members (excludes halogenated alkanes) is 3. The average molecular weight is 290 g/mol. The van der Waals surface area contributed by atoms with Gasteiger partial charge in [-0.2, -0.15) is 0 Å². The Morgan fingerprint density at radius 2 is 1.52 bits per heavy atom. The summed E-state index contributed by atoms with van der Waals surface area (Å²) in [5.74, 6) is 0.778. The standard InChI is InChI=1S/C19H34N2/c1-2-6-11-18(12-7-3-1)17-20-15-8-4-5-9-16-21-19-13-10-14-19/h16-19H,1-15H2. The highest BCUT2D eigenvalue weighted by Crippen LogP contribution is 2.22. The molecular formula is C19H34N2. The number of nitrogens with zero attached hydrogens (tertiary/aromatic N) is 2. The van der Waals surface area contributed by atoms with Crippen LogP contribution in [0.2, 0.25) is 0 Å². The Balaban J connectivity index is 1.42. The Labute approximate surface area is 131 Å². The lowest BCUT2D eigenvalue weighted by molar-refractivity contribution is 0.420. The Morgan fingerprint density at radius 3 is 2.24 bits per heavy atom. The molecule has 0 bridgehead atoms.